The van der Waals surface area contributed by atoms with Crippen molar-refractivity contribution in [3.05, 3.63) is 108 Å². The van der Waals surface area contributed by atoms with Crippen molar-refractivity contribution in [1.82, 2.24) is 0 Å². The maximum absolute atomic E-state index is 11.0. The average Bonchev–Trinajstić information content (AvgIpc) is 2.88. The Labute approximate surface area is 214 Å². The molecule has 1 aliphatic rings. The number of carbonyl (C=O) groups is 1. The van der Waals surface area contributed by atoms with Gasteiger partial charge in [-0.3, -0.25) is 4.79 Å². The molecule has 4 nitrogen and oxygen atoms in total. The predicted octanol–water partition coefficient (Wildman–Crippen LogP) is 8.06. The van der Waals surface area contributed by atoms with Crippen LogP contribution in [-0.4, -0.2) is 20.5 Å². The largest absolute Gasteiger partial charge is 0.497 e. The quantitative estimate of drug-likeness (QED) is 0.242. The molecule has 0 spiro atoms. The van der Waals surface area contributed by atoms with Gasteiger partial charge in [-0.15, -0.1) is 0 Å². The topological polar surface area (TPSA) is 38.8 Å². The van der Waals surface area contributed by atoms with Gasteiger partial charge in [-0.25, -0.2) is 0 Å². The number of hydrogen-bond acceptors (Lipinski definition) is 4. The van der Waals surface area contributed by atoms with Crippen LogP contribution in [0.15, 0.2) is 102 Å². The van der Waals surface area contributed by atoms with Crippen molar-refractivity contribution in [1.29, 1.82) is 0 Å². The molecule has 0 fully saturated rings. The number of benzene rings is 3. The maximum atomic E-state index is 11.0. The summed E-state index contributed by atoms with van der Waals surface area (Å²) in [6.45, 7) is 4.49. The van der Waals surface area contributed by atoms with Gasteiger partial charge in [0.25, 0.3) is 0 Å². The molecule has 184 valence electrons. The van der Waals surface area contributed by atoms with Gasteiger partial charge in [0.2, 0.25) is 0 Å². The minimum absolute atomic E-state index is 0.143. The van der Waals surface area contributed by atoms with Gasteiger partial charge in [-0.1, -0.05) is 44.2 Å². The molecule has 0 bridgehead atoms. The molecule has 0 amide bonds. The summed E-state index contributed by atoms with van der Waals surface area (Å²) in [5.41, 5.74) is 6.71. The maximum Gasteiger partial charge on any atom is 0.143 e. The molecule has 0 radical (unpaired) electrons. The summed E-state index contributed by atoms with van der Waals surface area (Å²) >= 11 is 0. The zero-order valence-corrected chi connectivity index (χ0v) is 21.4. The lowest BCUT2D eigenvalue weighted by molar-refractivity contribution is -0.104. The molecular weight excluding hydrogens is 446 g/mol. The van der Waals surface area contributed by atoms with Crippen LogP contribution in [-0.2, 0) is 4.79 Å². The minimum Gasteiger partial charge on any atom is -0.497 e. The van der Waals surface area contributed by atoms with E-state index in [4.69, 9.17) is 9.47 Å². The third kappa shape index (κ3) is 6.14. The van der Waals surface area contributed by atoms with Gasteiger partial charge < -0.3 is 14.4 Å². The van der Waals surface area contributed by atoms with E-state index < -0.39 is 0 Å². The summed E-state index contributed by atoms with van der Waals surface area (Å²) in [5.74, 6) is 1.64. The van der Waals surface area contributed by atoms with E-state index in [-0.39, 0.29) is 5.41 Å². The molecule has 36 heavy (non-hydrogen) atoms. The number of allylic oxidation sites excluding steroid dienone is 5. The van der Waals surface area contributed by atoms with Gasteiger partial charge in [-0.2, -0.15) is 0 Å². The van der Waals surface area contributed by atoms with Crippen molar-refractivity contribution in [2.24, 2.45) is 5.41 Å². The second kappa shape index (κ2) is 11.1. The van der Waals surface area contributed by atoms with Gasteiger partial charge in [0.05, 0.1) is 14.2 Å². The van der Waals surface area contributed by atoms with Crippen molar-refractivity contribution in [3.63, 3.8) is 0 Å². The van der Waals surface area contributed by atoms with E-state index in [1.165, 1.54) is 5.57 Å². The summed E-state index contributed by atoms with van der Waals surface area (Å²) < 4.78 is 10.7. The first-order chi connectivity index (χ1) is 17.4. The lowest BCUT2D eigenvalue weighted by atomic mass is 9.75. The van der Waals surface area contributed by atoms with Crippen molar-refractivity contribution in [2.75, 3.05) is 19.1 Å². The Hall–Kier alpha value is -4.05. The van der Waals surface area contributed by atoms with Crippen LogP contribution in [0.4, 0.5) is 17.1 Å². The van der Waals surface area contributed by atoms with Crippen LogP contribution in [0.3, 0.4) is 0 Å². The normalized spacial score (nSPS) is 16.0. The first-order valence-corrected chi connectivity index (χ1v) is 12.1. The Balaban J connectivity index is 1.62. The highest BCUT2D eigenvalue weighted by Gasteiger charge is 2.24. The molecular formula is C32H33NO3. The number of nitrogens with zero attached hydrogens (tertiary/aromatic N) is 1. The van der Waals surface area contributed by atoms with E-state index in [9.17, 15) is 4.79 Å². The minimum atomic E-state index is 0.143. The van der Waals surface area contributed by atoms with Gasteiger partial charge in [0.1, 0.15) is 17.8 Å². The molecule has 0 aromatic heterocycles. The molecule has 0 saturated heterocycles. The SMILES string of the molecule is COc1ccc(N(c2ccc(/C=C/C3=CC(=C\C=O)/CC(C)(C)C3)cc2)c2ccc(OC)cc2)cc1. The Kier molecular flexibility index (Phi) is 7.74. The van der Waals surface area contributed by atoms with Crippen LogP contribution in [0.2, 0.25) is 0 Å². The van der Waals surface area contributed by atoms with Crippen molar-refractivity contribution >= 4 is 29.4 Å². The third-order valence-electron chi connectivity index (χ3n) is 6.32. The Morgan fingerprint density at radius 2 is 1.22 bits per heavy atom. The monoisotopic (exact) mass is 479 g/mol. The standard InChI is InChI=1S/C32H33NO3/c1-32(2)22-25(21-26(23-32)19-20-34)6-5-24-7-9-27(10-8-24)33(28-11-15-30(35-3)16-12-28)29-13-17-31(36-4)18-14-29/h5-21H,22-23H2,1-4H3/b6-5+,26-19+. The Bertz CT molecular complexity index is 1220. The molecule has 0 N–H and O–H groups in total. The number of ether oxygens (including phenoxy) is 2. The molecule has 0 unspecified atom stereocenters. The fourth-order valence-corrected chi connectivity index (χ4v) is 4.66. The highest BCUT2D eigenvalue weighted by atomic mass is 16.5. The molecule has 0 saturated carbocycles. The lowest BCUT2D eigenvalue weighted by Crippen LogP contribution is -2.16. The third-order valence-corrected chi connectivity index (χ3v) is 6.32. The van der Waals surface area contributed by atoms with E-state index >= 15 is 0 Å². The molecule has 1 aliphatic carbocycles. The fraction of sp³-hybridized carbons (Fsp3) is 0.219. The van der Waals surface area contributed by atoms with Gasteiger partial charge >= 0.3 is 0 Å². The lowest BCUT2D eigenvalue weighted by Gasteiger charge is -2.30. The molecule has 0 atom stereocenters. The van der Waals surface area contributed by atoms with Crippen LogP contribution in [0.25, 0.3) is 6.08 Å². The highest BCUT2D eigenvalue weighted by molar-refractivity contribution is 5.77. The molecule has 0 aliphatic heterocycles. The summed E-state index contributed by atoms with van der Waals surface area (Å²) in [6.07, 6.45) is 10.9. The number of carbonyl (C=O) groups excluding carboxylic acids is 1. The number of anilines is 3. The van der Waals surface area contributed by atoms with E-state index in [2.05, 4.69) is 85.5 Å². The number of aldehydes is 1. The second-order valence-electron chi connectivity index (χ2n) is 9.77. The van der Waals surface area contributed by atoms with Gasteiger partial charge in [-0.05, 0) is 102 Å². The Morgan fingerprint density at radius 3 is 1.69 bits per heavy atom. The first-order valence-electron chi connectivity index (χ1n) is 12.1. The van der Waals surface area contributed by atoms with Crippen LogP contribution in [0, 0.1) is 5.41 Å². The van der Waals surface area contributed by atoms with Crippen molar-refractivity contribution < 1.29 is 14.3 Å². The second-order valence-corrected chi connectivity index (χ2v) is 9.77. The number of hydrogen-bond donors (Lipinski definition) is 0. The number of methoxy groups -OCH3 is 2. The predicted molar refractivity (Wildman–Crippen MR) is 149 cm³/mol. The van der Waals surface area contributed by atoms with E-state index in [0.717, 1.165) is 58.8 Å². The highest BCUT2D eigenvalue weighted by Crippen LogP contribution is 2.39. The van der Waals surface area contributed by atoms with Crippen LogP contribution in [0.5, 0.6) is 11.5 Å². The van der Waals surface area contributed by atoms with Gasteiger partial charge in [0, 0.05) is 17.1 Å². The molecule has 4 rings (SSSR count). The molecule has 3 aromatic carbocycles. The summed E-state index contributed by atoms with van der Waals surface area (Å²) in [4.78, 5) is 13.2. The van der Waals surface area contributed by atoms with E-state index in [0.29, 0.717) is 0 Å². The smallest absolute Gasteiger partial charge is 0.143 e. The fourth-order valence-electron chi connectivity index (χ4n) is 4.66. The molecule has 4 heteroatoms. The average molecular weight is 480 g/mol. The summed E-state index contributed by atoms with van der Waals surface area (Å²) in [5, 5.41) is 0. The summed E-state index contributed by atoms with van der Waals surface area (Å²) in [7, 11) is 3.35. The Morgan fingerprint density at radius 1 is 0.722 bits per heavy atom. The van der Waals surface area contributed by atoms with Crippen LogP contribution >= 0.6 is 0 Å². The van der Waals surface area contributed by atoms with Crippen molar-refractivity contribution in [2.45, 2.75) is 26.7 Å². The van der Waals surface area contributed by atoms with Crippen LogP contribution in [0.1, 0.15) is 32.3 Å². The zero-order valence-electron chi connectivity index (χ0n) is 21.4. The number of rotatable bonds is 8. The molecule has 0 heterocycles. The van der Waals surface area contributed by atoms with Crippen LogP contribution < -0.4 is 14.4 Å². The first kappa shape index (κ1) is 25.1. The van der Waals surface area contributed by atoms with Crippen molar-refractivity contribution in [3.8, 4) is 11.5 Å². The van der Waals surface area contributed by atoms with Gasteiger partial charge in [0.15, 0.2) is 0 Å². The summed E-state index contributed by atoms with van der Waals surface area (Å²) in [6, 6.07) is 24.6. The van der Waals surface area contributed by atoms with E-state index in [1.807, 2.05) is 24.3 Å². The van der Waals surface area contributed by atoms with E-state index in [1.54, 1.807) is 20.3 Å². The molecule has 3 aromatic rings. The zero-order chi connectivity index (χ0) is 25.5.